The molecule has 3 aliphatic rings. The van der Waals surface area contributed by atoms with Gasteiger partial charge in [-0.15, -0.1) is 13.2 Å². The van der Waals surface area contributed by atoms with Crippen LogP contribution in [0.25, 0.3) is 0 Å². The summed E-state index contributed by atoms with van der Waals surface area (Å²) in [6.45, 7) is 9.40. The Balaban J connectivity index is 1.54. The van der Waals surface area contributed by atoms with Crippen LogP contribution >= 0.6 is 0 Å². The summed E-state index contributed by atoms with van der Waals surface area (Å²) in [5.74, 6) is -3.21. The van der Waals surface area contributed by atoms with Gasteiger partial charge >= 0.3 is 5.97 Å². The molecule has 2 bridgehead atoms. The SMILES string of the molecule is C=CCCC(=O)NC[C@H](C)OC(=O)[C@@H]1[C@H]2C(=O)N(CCO)[C@H](C(=O)N(CC=C)Cc3ccccc3)[C@]23CC[C@H]1O3. The van der Waals surface area contributed by atoms with E-state index in [2.05, 4.69) is 18.5 Å². The molecule has 1 aromatic carbocycles. The lowest BCUT2D eigenvalue weighted by Crippen LogP contribution is -2.56. The first-order chi connectivity index (χ1) is 19.3. The van der Waals surface area contributed by atoms with Crippen molar-refractivity contribution < 1.29 is 33.8 Å². The molecule has 6 atom stereocenters. The number of allylic oxidation sites excluding steroid dienone is 1. The fourth-order valence-corrected chi connectivity index (χ4v) is 6.31. The molecule has 2 N–H and O–H groups in total. The summed E-state index contributed by atoms with van der Waals surface area (Å²) in [6.07, 6.45) is 3.91. The van der Waals surface area contributed by atoms with Crippen LogP contribution in [0.5, 0.6) is 0 Å². The number of rotatable bonds is 14. The Bertz CT molecular complexity index is 1130. The van der Waals surface area contributed by atoms with E-state index >= 15 is 0 Å². The lowest BCUT2D eigenvalue weighted by Gasteiger charge is -2.36. The summed E-state index contributed by atoms with van der Waals surface area (Å²) in [4.78, 5) is 56.3. The molecule has 3 saturated heterocycles. The molecule has 0 saturated carbocycles. The molecule has 0 aromatic heterocycles. The third-order valence-electron chi connectivity index (χ3n) is 8.00. The van der Waals surface area contributed by atoms with Gasteiger partial charge in [0.25, 0.3) is 0 Å². The van der Waals surface area contributed by atoms with Crippen LogP contribution in [0.15, 0.2) is 55.6 Å². The van der Waals surface area contributed by atoms with Gasteiger partial charge in [-0.3, -0.25) is 19.2 Å². The van der Waals surface area contributed by atoms with Crippen molar-refractivity contribution in [2.24, 2.45) is 11.8 Å². The van der Waals surface area contributed by atoms with Gasteiger partial charge < -0.3 is 29.7 Å². The number of aliphatic hydroxyl groups is 1. The van der Waals surface area contributed by atoms with Crippen molar-refractivity contribution in [3.8, 4) is 0 Å². The highest BCUT2D eigenvalue weighted by atomic mass is 16.6. The summed E-state index contributed by atoms with van der Waals surface area (Å²) in [5.41, 5.74) is -0.260. The van der Waals surface area contributed by atoms with Crippen LogP contribution in [-0.4, -0.2) is 88.7 Å². The van der Waals surface area contributed by atoms with Gasteiger partial charge in [-0.05, 0) is 31.7 Å². The molecule has 1 spiro atoms. The molecular formula is C30H39N3O7. The fourth-order valence-electron chi connectivity index (χ4n) is 6.31. The average molecular weight is 554 g/mol. The van der Waals surface area contributed by atoms with E-state index in [4.69, 9.17) is 9.47 Å². The second-order valence-corrected chi connectivity index (χ2v) is 10.7. The van der Waals surface area contributed by atoms with Crippen molar-refractivity contribution in [1.29, 1.82) is 0 Å². The Morgan fingerprint density at radius 2 is 2.02 bits per heavy atom. The van der Waals surface area contributed by atoms with Crippen LogP contribution in [0.1, 0.15) is 38.2 Å². The number of aliphatic hydroxyl groups excluding tert-OH is 1. The molecule has 3 amide bonds. The van der Waals surface area contributed by atoms with E-state index in [1.165, 1.54) is 4.90 Å². The zero-order valence-corrected chi connectivity index (χ0v) is 23.0. The van der Waals surface area contributed by atoms with E-state index < -0.39 is 41.7 Å². The molecule has 1 aromatic rings. The van der Waals surface area contributed by atoms with Gasteiger partial charge in [0.2, 0.25) is 17.7 Å². The van der Waals surface area contributed by atoms with Gasteiger partial charge in [0, 0.05) is 26.1 Å². The van der Waals surface area contributed by atoms with Gasteiger partial charge in [0.05, 0.1) is 31.1 Å². The number of nitrogens with one attached hydrogen (secondary N) is 1. The van der Waals surface area contributed by atoms with E-state index in [1.54, 1.807) is 24.0 Å². The van der Waals surface area contributed by atoms with Gasteiger partial charge in [-0.2, -0.15) is 0 Å². The first-order valence-corrected chi connectivity index (χ1v) is 13.9. The lowest BCUT2D eigenvalue weighted by atomic mass is 9.70. The number of ether oxygens (including phenoxy) is 2. The molecule has 10 nitrogen and oxygen atoms in total. The third-order valence-corrected chi connectivity index (χ3v) is 8.00. The van der Waals surface area contributed by atoms with Crippen molar-refractivity contribution in [2.75, 3.05) is 26.2 Å². The molecular weight excluding hydrogens is 514 g/mol. The van der Waals surface area contributed by atoms with Crippen LogP contribution < -0.4 is 5.32 Å². The monoisotopic (exact) mass is 553 g/mol. The Morgan fingerprint density at radius 3 is 2.70 bits per heavy atom. The molecule has 10 heteroatoms. The summed E-state index contributed by atoms with van der Waals surface area (Å²) < 4.78 is 12.1. The highest BCUT2D eigenvalue weighted by Gasteiger charge is 2.75. The van der Waals surface area contributed by atoms with Crippen molar-refractivity contribution >= 4 is 23.7 Å². The zero-order valence-electron chi connectivity index (χ0n) is 23.0. The van der Waals surface area contributed by atoms with Crippen LogP contribution in [0.3, 0.4) is 0 Å². The van der Waals surface area contributed by atoms with E-state index in [0.29, 0.717) is 32.2 Å². The summed E-state index contributed by atoms with van der Waals surface area (Å²) in [7, 11) is 0. The molecule has 40 heavy (non-hydrogen) atoms. The smallest absolute Gasteiger partial charge is 0.312 e. The Morgan fingerprint density at radius 1 is 1.27 bits per heavy atom. The summed E-state index contributed by atoms with van der Waals surface area (Å²) >= 11 is 0. The maximum absolute atomic E-state index is 14.1. The number of carbonyl (C=O) groups is 4. The molecule has 0 unspecified atom stereocenters. The second kappa shape index (κ2) is 12.8. The Hall–Kier alpha value is -3.50. The minimum atomic E-state index is -1.18. The number of hydrogen-bond donors (Lipinski definition) is 2. The quantitative estimate of drug-likeness (QED) is 0.265. The number of benzene rings is 1. The predicted molar refractivity (Wildman–Crippen MR) is 146 cm³/mol. The average Bonchev–Trinajstić information content (AvgIpc) is 3.58. The van der Waals surface area contributed by atoms with Gasteiger partial charge in [0.1, 0.15) is 17.7 Å². The van der Waals surface area contributed by atoms with Gasteiger partial charge in [-0.1, -0.05) is 42.5 Å². The van der Waals surface area contributed by atoms with Crippen molar-refractivity contribution in [3.05, 3.63) is 61.2 Å². The molecule has 216 valence electrons. The van der Waals surface area contributed by atoms with E-state index in [9.17, 15) is 24.3 Å². The van der Waals surface area contributed by atoms with Crippen molar-refractivity contribution in [2.45, 2.75) is 63.0 Å². The zero-order chi connectivity index (χ0) is 28.9. The minimum Gasteiger partial charge on any atom is -0.460 e. The number of nitrogens with zero attached hydrogens (tertiary/aromatic N) is 2. The van der Waals surface area contributed by atoms with Gasteiger partial charge in [-0.25, -0.2) is 0 Å². The number of esters is 1. The standard InChI is InChI=1S/C30H39N3O7/c1-4-6-12-23(35)31-18-20(3)39-29(38)24-22-13-14-30(40-22)25(24)27(36)33(16-17-34)26(30)28(37)32(15-5-2)19-21-10-8-7-9-11-21/h4-5,7-11,20,22,24-26,34H,1-2,6,12-19H2,3H3,(H,31,35)/t20-,22+,24-,25-,26+,30-/m0/s1. The molecule has 3 heterocycles. The van der Waals surface area contributed by atoms with Gasteiger partial charge in [0.15, 0.2) is 0 Å². The highest BCUT2D eigenvalue weighted by Crippen LogP contribution is 2.58. The summed E-state index contributed by atoms with van der Waals surface area (Å²) in [5, 5.41) is 12.5. The van der Waals surface area contributed by atoms with Crippen LogP contribution in [0.4, 0.5) is 0 Å². The third kappa shape index (κ3) is 5.69. The fraction of sp³-hybridized carbons (Fsp3) is 0.533. The number of β-amino-alcohol motifs (C(OH)–C–C–N with tert-alkyl or cyclic N) is 1. The van der Waals surface area contributed by atoms with Crippen LogP contribution in [-0.2, 0) is 35.2 Å². The van der Waals surface area contributed by atoms with Crippen LogP contribution in [0.2, 0.25) is 0 Å². The largest absolute Gasteiger partial charge is 0.460 e. The number of fused-ring (bicyclic) bond motifs is 1. The maximum atomic E-state index is 14.1. The first-order valence-electron chi connectivity index (χ1n) is 13.9. The van der Waals surface area contributed by atoms with Crippen molar-refractivity contribution in [1.82, 2.24) is 15.1 Å². The van der Waals surface area contributed by atoms with Crippen molar-refractivity contribution in [3.63, 3.8) is 0 Å². The number of carbonyl (C=O) groups excluding carboxylic acids is 4. The molecule has 3 fully saturated rings. The van der Waals surface area contributed by atoms with E-state index in [0.717, 1.165) is 5.56 Å². The van der Waals surface area contributed by atoms with E-state index in [-0.39, 0.29) is 44.0 Å². The Kier molecular flexibility index (Phi) is 9.42. The molecule has 4 rings (SSSR count). The topological polar surface area (TPSA) is 125 Å². The first kappa shape index (κ1) is 29.5. The lowest BCUT2D eigenvalue weighted by molar-refractivity contribution is -0.159. The maximum Gasteiger partial charge on any atom is 0.312 e. The predicted octanol–water partition coefficient (Wildman–Crippen LogP) is 1.58. The minimum absolute atomic E-state index is 0.0519. The summed E-state index contributed by atoms with van der Waals surface area (Å²) in [6, 6.07) is 8.54. The molecule has 0 aliphatic carbocycles. The Labute approximate surface area is 235 Å². The second-order valence-electron chi connectivity index (χ2n) is 10.7. The number of hydrogen-bond acceptors (Lipinski definition) is 7. The van der Waals surface area contributed by atoms with Crippen LogP contribution in [0, 0.1) is 11.8 Å². The normalized spacial score (nSPS) is 27.1. The molecule has 3 aliphatic heterocycles. The number of amides is 3. The molecule has 0 radical (unpaired) electrons. The highest BCUT2D eigenvalue weighted by molar-refractivity contribution is 5.98. The number of likely N-dealkylation sites (tertiary alicyclic amines) is 1. The van der Waals surface area contributed by atoms with E-state index in [1.807, 2.05) is 30.3 Å².